The summed E-state index contributed by atoms with van der Waals surface area (Å²) in [5.74, 6) is 0.953. The van der Waals surface area contributed by atoms with Gasteiger partial charge in [-0.15, -0.1) is 0 Å². The SMILES string of the molecule is CCC(C)CCCCCCCCCCCCCCCCC(=O)O[C@H](COC(=O)CCCCCCCCCC(C)C)COP(=O)(O)OCC(O)COP(=O)(O)OC[C@@H](COC(=O)CCCCCCCCCCCCC(C)CC)OC(=O)CCCCCCCCCCC(C)C. The normalized spacial score (nSPS) is 14.8. The number of ether oxygens (including phenoxy) is 4. The van der Waals surface area contributed by atoms with E-state index in [1.165, 1.54) is 167 Å². The number of unbranched alkanes of at least 4 members (excludes halogenated alkanes) is 35. The maximum Gasteiger partial charge on any atom is 0.472 e. The molecule has 0 amide bonds. The maximum absolute atomic E-state index is 13.0. The number of phosphoric acid groups is 2. The zero-order valence-corrected chi connectivity index (χ0v) is 62.7. The molecule has 0 aromatic rings. The van der Waals surface area contributed by atoms with E-state index in [0.29, 0.717) is 31.6 Å². The van der Waals surface area contributed by atoms with Gasteiger partial charge in [-0.1, -0.05) is 319 Å². The molecular formula is C74H144O17P2. The van der Waals surface area contributed by atoms with Gasteiger partial charge >= 0.3 is 39.5 Å². The number of esters is 4. The number of aliphatic hydroxyl groups excluding tert-OH is 1. The van der Waals surface area contributed by atoms with Gasteiger partial charge in [-0.3, -0.25) is 37.3 Å². The Balaban J connectivity index is 5.23. The Kier molecular flexibility index (Phi) is 62.2. The Morgan fingerprint density at radius 2 is 0.516 bits per heavy atom. The molecule has 19 heteroatoms. The zero-order valence-electron chi connectivity index (χ0n) is 60.9. The van der Waals surface area contributed by atoms with Crippen molar-refractivity contribution in [2.45, 2.75) is 388 Å². The van der Waals surface area contributed by atoms with Gasteiger partial charge in [0.15, 0.2) is 12.2 Å². The van der Waals surface area contributed by atoms with E-state index in [1.807, 2.05) is 0 Å². The lowest BCUT2D eigenvalue weighted by atomic mass is 9.99. The topological polar surface area (TPSA) is 237 Å². The molecule has 0 aromatic heterocycles. The van der Waals surface area contributed by atoms with E-state index in [-0.39, 0.29) is 25.7 Å². The average molecular weight is 1370 g/mol. The molecule has 0 aromatic carbocycles. The highest BCUT2D eigenvalue weighted by Gasteiger charge is 2.30. The van der Waals surface area contributed by atoms with Crippen LogP contribution in [0.4, 0.5) is 0 Å². The van der Waals surface area contributed by atoms with Crippen molar-refractivity contribution < 1.29 is 80.2 Å². The summed E-state index contributed by atoms with van der Waals surface area (Å²) in [6.45, 7) is 14.2. The Labute approximate surface area is 568 Å². The fraction of sp³-hybridized carbons (Fsp3) is 0.946. The highest BCUT2D eigenvalue weighted by molar-refractivity contribution is 7.47. The molecule has 0 rings (SSSR count). The highest BCUT2D eigenvalue weighted by Crippen LogP contribution is 2.45. The van der Waals surface area contributed by atoms with Crippen molar-refractivity contribution >= 4 is 39.5 Å². The molecule has 0 bridgehead atoms. The summed E-state index contributed by atoms with van der Waals surface area (Å²) in [6, 6.07) is 0. The molecule has 0 saturated heterocycles. The van der Waals surface area contributed by atoms with Crippen LogP contribution in [0.15, 0.2) is 0 Å². The molecule has 0 aliphatic rings. The van der Waals surface area contributed by atoms with Gasteiger partial charge in [0.2, 0.25) is 0 Å². The van der Waals surface area contributed by atoms with Crippen molar-refractivity contribution in [3.63, 3.8) is 0 Å². The Hall–Kier alpha value is -1.94. The van der Waals surface area contributed by atoms with E-state index < -0.39 is 97.5 Å². The molecule has 0 aliphatic heterocycles. The molecule has 0 fully saturated rings. The maximum atomic E-state index is 13.0. The van der Waals surface area contributed by atoms with Crippen molar-refractivity contribution in [2.75, 3.05) is 39.6 Å². The van der Waals surface area contributed by atoms with Crippen LogP contribution in [-0.2, 0) is 65.4 Å². The van der Waals surface area contributed by atoms with E-state index in [1.54, 1.807) is 0 Å². The van der Waals surface area contributed by atoms with Crippen LogP contribution in [0.2, 0.25) is 0 Å². The van der Waals surface area contributed by atoms with Crippen LogP contribution in [0.5, 0.6) is 0 Å². The van der Waals surface area contributed by atoms with Gasteiger partial charge in [-0.2, -0.15) is 0 Å². The largest absolute Gasteiger partial charge is 0.472 e. The van der Waals surface area contributed by atoms with Crippen molar-refractivity contribution in [3.05, 3.63) is 0 Å². The number of rotatable bonds is 71. The minimum atomic E-state index is -4.96. The van der Waals surface area contributed by atoms with Crippen molar-refractivity contribution in [1.82, 2.24) is 0 Å². The number of aliphatic hydroxyl groups is 1. The van der Waals surface area contributed by atoms with Crippen LogP contribution in [0, 0.1) is 23.7 Å². The average Bonchev–Trinajstić information content (AvgIpc) is 3.41. The van der Waals surface area contributed by atoms with Gasteiger partial charge in [-0.05, 0) is 49.4 Å². The van der Waals surface area contributed by atoms with Crippen LogP contribution < -0.4 is 0 Å². The second-order valence-corrected chi connectivity index (χ2v) is 31.0. The smallest absolute Gasteiger partial charge is 0.462 e. The number of carbonyl (C=O) groups excluding carboxylic acids is 4. The molecule has 552 valence electrons. The first-order valence-corrected chi connectivity index (χ1v) is 41.3. The predicted molar refractivity (Wildman–Crippen MR) is 377 cm³/mol. The molecule has 3 N–H and O–H groups in total. The van der Waals surface area contributed by atoms with Crippen LogP contribution in [0.1, 0.15) is 370 Å². The quantitative estimate of drug-likeness (QED) is 0.0222. The van der Waals surface area contributed by atoms with Gasteiger partial charge in [-0.25, -0.2) is 9.13 Å². The lowest BCUT2D eigenvalue weighted by Crippen LogP contribution is -2.30. The molecule has 93 heavy (non-hydrogen) atoms. The van der Waals surface area contributed by atoms with E-state index >= 15 is 0 Å². The van der Waals surface area contributed by atoms with Crippen molar-refractivity contribution in [1.29, 1.82) is 0 Å². The third-order valence-electron chi connectivity index (χ3n) is 17.8. The Morgan fingerprint density at radius 3 is 0.763 bits per heavy atom. The van der Waals surface area contributed by atoms with E-state index in [9.17, 15) is 43.2 Å². The second kappa shape index (κ2) is 63.5. The van der Waals surface area contributed by atoms with E-state index in [2.05, 4.69) is 55.4 Å². The minimum Gasteiger partial charge on any atom is -0.462 e. The first kappa shape index (κ1) is 91.1. The summed E-state index contributed by atoms with van der Waals surface area (Å²) >= 11 is 0. The summed E-state index contributed by atoms with van der Waals surface area (Å²) in [5.41, 5.74) is 0. The zero-order chi connectivity index (χ0) is 68.9. The lowest BCUT2D eigenvalue weighted by molar-refractivity contribution is -0.161. The van der Waals surface area contributed by atoms with Crippen LogP contribution in [0.3, 0.4) is 0 Å². The lowest BCUT2D eigenvalue weighted by Gasteiger charge is -2.21. The van der Waals surface area contributed by atoms with Crippen molar-refractivity contribution in [2.24, 2.45) is 23.7 Å². The summed E-state index contributed by atoms with van der Waals surface area (Å²) < 4.78 is 68.4. The summed E-state index contributed by atoms with van der Waals surface area (Å²) in [4.78, 5) is 72.7. The first-order valence-electron chi connectivity index (χ1n) is 38.3. The Bertz CT molecular complexity index is 1840. The van der Waals surface area contributed by atoms with Crippen LogP contribution in [-0.4, -0.2) is 96.7 Å². The van der Waals surface area contributed by atoms with Gasteiger partial charge in [0.25, 0.3) is 0 Å². The molecule has 0 heterocycles. The minimum absolute atomic E-state index is 0.104. The Morgan fingerprint density at radius 1 is 0.301 bits per heavy atom. The number of hydrogen-bond acceptors (Lipinski definition) is 15. The molecule has 0 aliphatic carbocycles. The molecule has 5 unspecified atom stereocenters. The highest BCUT2D eigenvalue weighted by atomic mass is 31.2. The molecule has 0 spiro atoms. The van der Waals surface area contributed by atoms with Gasteiger partial charge < -0.3 is 33.8 Å². The standard InChI is InChI=1S/C74H144O17P2/c1-9-66(7)52-44-36-28-19-15-13-11-12-14-16-22-31-40-48-56-73(78)90-70(61-85-72(77)55-47-39-33-25-27-35-43-51-65(5)6)63-89-93(82,83)87-59-68(75)58-86-92(80,81)88-62-69(91-74(79)57-49-41-32-24-23-26-34-42-50-64(3)4)60-84-71(76)54-46-38-30-21-18-17-20-29-37-45-53-67(8)10-2/h64-70,75H,9-63H2,1-8H3,(H,80,81)(H,82,83)/t66?,67?,68?,69-,70-/m1/s1. The monoisotopic (exact) mass is 1370 g/mol. The molecular weight excluding hydrogens is 1220 g/mol. The number of phosphoric ester groups is 2. The number of carbonyl (C=O) groups is 4. The first-order chi connectivity index (χ1) is 44.7. The van der Waals surface area contributed by atoms with Gasteiger partial charge in [0.05, 0.1) is 26.4 Å². The predicted octanol–water partition coefficient (Wildman–Crippen LogP) is 21.3. The third-order valence-corrected chi connectivity index (χ3v) is 19.7. The summed E-state index contributed by atoms with van der Waals surface area (Å²) in [6.07, 6.45) is 47.2. The van der Waals surface area contributed by atoms with E-state index in [0.717, 1.165) is 114 Å². The fourth-order valence-electron chi connectivity index (χ4n) is 11.1. The molecule has 7 atom stereocenters. The van der Waals surface area contributed by atoms with Crippen LogP contribution in [0.25, 0.3) is 0 Å². The molecule has 0 saturated carbocycles. The third kappa shape index (κ3) is 65.8. The molecule has 0 radical (unpaired) electrons. The van der Waals surface area contributed by atoms with E-state index in [4.69, 9.17) is 37.0 Å². The summed E-state index contributed by atoms with van der Waals surface area (Å²) in [7, 11) is -9.91. The van der Waals surface area contributed by atoms with Crippen LogP contribution >= 0.6 is 15.6 Å². The van der Waals surface area contributed by atoms with Gasteiger partial charge in [0, 0.05) is 25.7 Å². The van der Waals surface area contributed by atoms with Crippen molar-refractivity contribution in [3.8, 4) is 0 Å². The second-order valence-electron chi connectivity index (χ2n) is 28.1. The molecule has 17 nitrogen and oxygen atoms in total. The number of hydrogen-bond donors (Lipinski definition) is 3. The fourth-order valence-corrected chi connectivity index (χ4v) is 12.7. The summed E-state index contributed by atoms with van der Waals surface area (Å²) in [5, 5.41) is 10.6. The van der Waals surface area contributed by atoms with Gasteiger partial charge in [0.1, 0.15) is 19.3 Å².